The highest BCUT2D eigenvalue weighted by Gasteiger charge is 2.35. The zero-order chi connectivity index (χ0) is 21.9. The number of benzene rings is 1. The van der Waals surface area contributed by atoms with Crippen molar-refractivity contribution < 1.29 is 38.2 Å². The van der Waals surface area contributed by atoms with E-state index >= 15 is 0 Å². The number of imide groups is 1. The highest BCUT2D eigenvalue weighted by molar-refractivity contribution is 6.30. The molecule has 2 rings (SSSR count). The van der Waals surface area contributed by atoms with Crippen molar-refractivity contribution in [2.45, 2.75) is 18.9 Å². The summed E-state index contributed by atoms with van der Waals surface area (Å²) in [7, 11) is 1.56. The molecule has 1 aromatic carbocycles. The van der Waals surface area contributed by atoms with Crippen LogP contribution in [0.25, 0.3) is 0 Å². The SMILES string of the molecule is COCCOCCOCC(=O)NC(C(=O)ON1C(=O)CCC1=O)c1ccc(Cl)cc1. The average molecular weight is 443 g/mol. The van der Waals surface area contributed by atoms with Gasteiger partial charge in [0.1, 0.15) is 6.61 Å². The molecular formula is C19H23ClN2O8. The Hall–Kier alpha value is -2.53. The molecule has 0 saturated carbocycles. The molecule has 1 N–H and O–H groups in total. The third-order valence-corrected chi connectivity index (χ3v) is 4.22. The summed E-state index contributed by atoms with van der Waals surface area (Å²) >= 11 is 5.87. The van der Waals surface area contributed by atoms with Crippen molar-refractivity contribution >= 4 is 35.3 Å². The summed E-state index contributed by atoms with van der Waals surface area (Å²) in [6.07, 6.45) is -0.0747. The van der Waals surface area contributed by atoms with Crippen LogP contribution in [0.5, 0.6) is 0 Å². The third kappa shape index (κ3) is 7.38. The highest BCUT2D eigenvalue weighted by atomic mass is 35.5. The molecule has 0 aliphatic carbocycles. The van der Waals surface area contributed by atoms with E-state index in [9.17, 15) is 19.2 Å². The largest absolute Gasteiger partial charge is 0.382 e. The molecular weight excluding hydrogens is 420 g/mol. The van der Waals surface area contributed by atoms with Gasteiger partial charge in [0.2, 0.25) is 5.91 Å². The minimum atomic E-state index is -1.27. The van der Waals surface area contributed by atoms with E-state index in [4.69, 9.17) is 30.6 Å². The van der Waals surface area contributed by atoms with E-state index in [-0.39, 0.29) is 32.7 Å². The summed E-state index contributed by atoms with van der Waals surface area (Å²) in [4.78, 5) is 53.2. The summed E-state index contributed by atoms with van der Waals surface area (Å²) < 4.78 is 15.3. The molecule has 0 radical (unpaired) electrons. The Bertz CT molecular complexity index is 739. The number of halogens is 1. The maximum atomic E-state index is 12.6. The molecule has 1 unspecified atom stereocenters. The Labute approximate surface area is 178 Å². The molecule has 11 heteroatoms. The Morgan fingerprint density at radius 1 is 1.03 bits per heavy atom. The summed E-state index contributed by atoms with van der Waals surface area (Å²) in [5.74, 6) is -2.82. The molecule has 1 heterocycles. The summed E-state index contributed by atoms with van der Waals surface area (Å²) in [5.41, 5.74) is 0.361. The van der Waals surface area contributed by atoms with Crippen molar-refractivity contribution in [2.75, 3.05) is 40.1 Å². The molecule has 164 valence electrons. The first-order chi connectivity index (χ1) is 14.4. The molecule has 1 aliphatic heterocycles. The molecule has 0 aromatic heterocycles. The van der Waals surface area contributed by atoms with Gasteiger partial charge in [0.25, 0.3) is 11.8 Å². The van der Waals surface area contributed by atoms with Crippen LogP contribution < -0.4 is 5.32 Å². The third-order valence-electron chi connectivity index (χ3n) is 3.97. The number of nitrogens with zero attached hydrogens (tertiary/aromatic N) is 1. The zero-order valence-electron chi connectivity index (χ0n) is 16.4. The molecule has 30 heavy (non-hydrogen) atoms. The van der Waals surface area contributed by atoms with Crippen LogP contribution >= 0.6 is 11.6 Å². The van der Waals surface area contributed by atoms with Crippen LogP contribution in [0, 0.1) is 0 Å². The van der Waals surface area contributed by atoms with Gasteiger partial charge in [0.05, 0.1) is 26.4 Å². The van der Waals surface area contributed by atoms with Crippen molar-refractivity contribution in [3.8, 4) is 0 Å². The van der Waals surface area contributed by atoms with Crippen LogP contribution in [0.3, 0.4) is 0 Å². The average Bonchev–Trinajstić information content (AvgIpc) is 3.04. The number of hydroxylamine groups is 2. The molecule has 1 aromatic rings. The smallest absolute Gasteiger partial charge is 0.359 e. The second-order valence-corrected chi connectivity index (χ2v) is 6.64. The van der Waals surface area contributed by atoms with Gasteiger partial charge in [0, 0.05) is 25.0 Å². The lowest BCUT2D eigenvalue weighted by Crippen LogP contribution is -2.41. The number of hydrogen-bond donors (Lipinski definition) is 1. The van der Waals surface area contributed by atoms with Gasteiger partial charge < -0.3 is 24.4 Å². The number of hydrogen-bond acceptors (Lipinski definition) is 8. The lowest BCUT2D eigenvalue weighted by atomic mass is 10.1. The zero-order valence-corrected chi connectivity index (χ0v) is 17.2. The van der Waals surface area contributed by atoms with Crippen LogP contribution in [0.15, 0.2) is 24.3 Å². The minimum Gasteiger partial charge on any atom is -0.382 e. The van der Waals surface area contributed by atoms with Crippen molar-refractivity contribution in [3.63, 3.8) is 0 Å². The number of nitrogens with one attached hydrogen (secondary N) is 1. The van der Waals surface area contributed by atoms with E-state index in [1.54, 1.807) is 7.11 Å². The van der Waals surface area contributed by atoms with Crippen LogP contribution in [-0.4, -0.2) is 68.9 Å². The lowest BCUT2D eigenvalue weighted by Gasteiger charge is -2.20. The normalized spacial score (nSPS) is 14.7. The van der Waals surface area contributed by atoms with Crippen molar-refractivity contribution in [2.24, 2.45) is 0 Å². The summed E-state index contributed by atoms with van der Waals surface area (Å²) in [5, 5.41) is 3.33. The number of carbonyl (C=O) groups is 4. The molecule has 1 fully saturated rings. The lowest BCUT2D eigenvalue weighted by molar-refractivity contribution is -0.199. The van der Waals surface area contributed by atoms with Gasteiger partial charge >= 0.3 is 5.97 Å². The Kier molecular flexibility index (Phi) is 9.68. The van der Waals surface area contributed by atoms with Gasteiger partial charge in [-0.05, 0) is 17.7 Å². The van der Waals surface area contributed by atoms with Crippen LogP contribution in [0.1, 0.15) is 24.4 Å². The van der Waals surface area contributed by atoms with Gasteiger partial charge in [-0.2, -0.15) is 0 Å². The topological polar surface area (TPSA) is 120 Å². The van der Waals surface area contributed by atoms with Gasteiger partial charge in [-0.15, -0.1) is 5.06 Å². The first-order valence-electron chi connectivity index (χ1n) is 9.19. The number of carbonyl (C=O) groups excluding carboxylic acids is 4. The van der Waals surface area contributed by atoms with E-state index < -0.39 is 29.7 Å². The van der Waals surface area contributed by atoms with Gasteiger partial charge in [-0.1, -0.05) is 23.7 Å². The number of rotatable bonds is 12. The van der Waals surface area contributed by atoms with Gasteiger partial charge in [-0.3, -0.25) is 14.4 Å². The quantitative estimate of drug-likeness (QED) is 0.372. The predicted molar refractivity (Wildman–Crippen MR) is 103 cm³/mol. The Balaban J connectivity index is 1.94. The summed E-state index contributed by atoms with van der Waals surface area (Å²) in [6.45, 7) is 0.979. The van der Waals surface area contributed by atoms with E-state index in [0.717, 1.165) is 0 Å². The fraction of sp³-hybridized carbons (Fsp3) is 0.474. The molecule has 0 spiro atoms. The summed E-state index contributed by atoms with van der Waals surface area (Å²) in [6, 6.07) is 4.84. The molecule has 1 saturated heterocycles. The standard InChI is InChI=1S/C19H23ClN2O8/c1-27-8-9-28-10-11-29-12-15(23)21-18(13-2-4-14(20)5-3-13)19(26)30-22-16(24)6-7-17(22)25/h2-5,18H,6-12H2,1H3,(H,21,23). The number of ether oxygens (including phenoxy) is 3. The van der Waals surface area contributed by atoms with Crippen LogP contribution in [0.4, 0.5) is 0 Å². The van der Waals surface area contributed by atoms with E-state index in [1.807, 2.05) is 0 Å². The molecule has 1 aliphatic rings. The van der Waals surface area contributed by atoms with Crippen molar-refractivity contribution in [3.05, 3.63) is 34.9 Å². The Morgan fingerprint density at radius 3 is 2.27 bits per heavy atom. The predicted octanol–water partition coefficient (Wildman–Crippen LogP) is 0.784. The van der Waals surface area contributed by atoms with Crippen molar-refractivity contribution in [1.82, 2.24) is 10.4 Å². The van der Waals surface area contributed by atoms with Crippen molar-refractivity contribution in [1.29, 1.82) is 0 Å². The number of amides is 3. The molecule has 10 nitrogen and oxygen atoms in total. The second-order valence-electron chi connectivity index (χ2n) is 6.20. The number of methoxy groups -OCH3 is 1. The highest BCUT2D eigenvalue weighted by Crippen LogP contribution is 2.20. The molecule has 1 atom stereocenters. The van der Waals surface area contributed by atoms with E-state index in [2.05, 4.69) is 5.32 Å². The maximum Gasteiger partial charge on any atom is 0.359 e. The Morgan fingerprint density at radius 2 is 1.63 bits per heavy atom. The molecule has 3 amide bonds. The van der Waals surface area contributed by atoms with Gasteiger partial charge in [0.15, 0.2) is 6.04 Å². The minimum absolute atomic E-state index is 0.0373. The fourth-order valence-corrected chi connectivity index (χ4v) is 2.59. The van der Waals surface area contributed by atoms with Crippen LogP contribution in [0.2, 0.25) is 5.02 Å². The first-order valence-corrected chi connectivity index (χ1v) is 9.57. The van der Waals surface area contributed by atoms with Gasteiger partial charge in [-0.25, -0.2) is 4.79 Å². The second kappa shape index (κ2) is 12.2. The maximum absolute atomic E-state index is 12.6. The fourth-order valence-electron chi connectivity index (χ4n) is 2.46. The first kappa shape index (κ1) is 23.7. The van der Waals surface area contributed by atoms with Crippen LogP contribution in [-0.2, 0) is 38.2 Å². The molecule has 0 bridgehead atoms. The van der Waals surface area contributed by atoms with E-state index in [0.29, 0.717) is 28.9 Å². The van der Waals surface area contributed by atoms with E-state index in [1.165, 1.54) is 24.3 Å². The monoisotopic (exact) mass is 442 g/mol.